The van der Waals surface area contributed by atoms with Gasteiger partial charge in [0.15, 0.2) is 0 Å². The molecule has 0 N–H and O–H groups in total. The molecule has 16 heavy (non-hydrogen) atoms. The van der Waals surface area contributed by atoms with Gasteiger partial charge in [-0.25, -0.2) is 9.97 Å². The molecule has 0 aliphatic heterocycles. The molecule has 0 atom stereocenters. The molecular weight excluding hydrogens is 336 g/mol. The quantitative estimate of drug-likeness (QED) is 0.615. The van der Waals surface area contributed by atoms with Crippen molar-refractivity contribution in [1.82, 2.24) is 14.9 Å². The Kier molecular flexibility index (Phi) is 5.40. The van der Waals surface area contributed by atoms with Gasteiger partial charge >= 0.3 is 0 Å². The second-order valence-corrected chi connectivity index (χ2v) is 5.96. The molecule has 0 aromatic carbocycles. The maximum Gasteiger partial charge on any atom is 0.146 e. The van der Waals surface area contributed by atoms with E-state index in [9.17, 15) is 0 Å². The predicted octanol–water partition coefficient (Wildman–Crippen LogP) is 2.99. The molecule has 3 nitrogen and oxygen atoms in total. The van der Waals surface area contributed by atoms with Gasteiger partial charge in [-0.3, -0.25) is 0 Å². The van der Waals surface area contributed by atoms with E-state index in [-0.39, 0.29) is 0 Å². The highest BCUT2D eigenvalue weighted by molar-refractivity contribution is 14.1. The van der Waals surface area contributed by atoms with Crippen molar-refractivity contribution in [3.05, 3.63) is 20.2 Å². The van der Waals surface area contributed by atoms with Crippen molar-refractivity contribution in [2.45, 2.75) is 26.8 Å². The van der Waals surface area contributed by atoms with E-state index in [2.05, 4.69) is 46.4 Å². The zero-order valence-corrected chi connectivity index (χ0v) is 13.0. The summed E-state index contributed by atoms with van der Waals surface area (Å²) in [6, 6.07) is 0. The molecule has 1 aromatic rings. The maximum absolute atomic E-state index is 6.11. The zero-order valence-electron chi connectivity index (χ0n) is 10.1. The lowest BCUT2D eigenvalue weighted by molar-refractivity contribution is 0.389. The topological polar surface area (TPSA) is 29.0 Å². The summed E-state index contributed by atoms with van der Waals surface area (Å²) in [5.41, 5.74) is 1.06. The zero-order chi connectivity index (χ0) is 12.3. The van der Waals surface area contributed by atoms with Crippen LogP contribution in [0.2, 0.25) is 5.15 Å². The highest BCUT2D eigenvalue weighted by atomic mass is 127. The van der Waals surface area contributed by atoms with Crippen LogP contribution >= 0.6 is 34.2 Å². The van der Waals surface area contributed by atoms with E-state index in [0.717, 1.165) is 28.1 Å². The summed E-state index contributed by atoms with van der Waals surface area (Å²) >= 11 is 8.33. The molecular formula is C11H17ClIN3. The van der Waals surface area contributed by atoms with Gasteiger partial charge in [0.2, 0.25) is 0 Å². The molecule has 0 saturated heterocycles. The Hall–Kier alpha value is 0.0600. The summed E-state index contributed by atoms with van der Waals surface area (Å²) in [5.74, 6) is 1.37. The van der Waals surface area contributed by atoms with E-state index < -0.39 is 0 Å². The number of hydrogen-bond donors (Lipinski definition) is 0. The fraction of sp³-hybridized carbons (Fsp3) is 0.636. The number of hydrogen-bond acceptors (Lipinski definition) is 3. The Morgan fingerprint density at radius 3 is 2.44 bits per heavy atom. The second kappa shape index (κ2) is 6.12. The molecule has 0 amide bonds. The lowest BCUT2D eigenvalue weighted by Gasteiger charge is -2.12. The lowest BCUT2D eigenvalue weighted by atomic mass is 10.1. The van der Waals surface area contributed by atoms with Gasteiger partial charge in [-0.05, 0) is 49.0 Å². The van der Waals surface area contributed by atoms with E-state index >= 15 is 0 Å². The van der Waals surface area contributed by atoms with Gasteiger partial charge in [-0.15, -0.1) is 0 Å². The van der Waals surface area contributed by atoms with E-state index in [1.165, 1.54) is 0 Å². The van der Waals surface area contributed by atoms with Crippen molar-refractivity contribution in [3.63, 3.8) is 0 Å². The first-order valence-electron chi connectivity index (χ1n) is 5.25. The Morgan fingerprint density at radius 1 is 1.31 bits per heavy atom. The molecule has 0 saturated carbocycles. The number of nitrogens with zero attached hydrogens (tertiary/aromatic N) is 3. The van der Waals surface area contributed by atoms with Gasteiger partial charge in [-0.2, -0.15) is 0 Å². The molecule has 0 fully saturated rings. The van der Waals surface area contributed by atoms with Gasteiger partial charge in [0.1, 0.15) is 11.0 Å². The van der Waals surface area contributed by atoms with Gasteiger partial charge in [-0.1, -0.05) is 25.4 Å². The minimum absolute atomic E-state index is 0.572. The molecule has 90 valence electrons. The Morgan fingerprint density at radius 2 is 1.94 bits per heavy atom. The fourth-order valence-electron chi connectivity index (χ4n) is 1.39. The average molecular weight is 354 g/mol. The van der Waals surface area contributed by atoms with E-state index in [0.29, 0.717) is 11.1 Å². The number of rotatable bonds is 4. The SMILES string of the molecule is CC(C)Cc1nc(CN(C)C)nc(Cl)c1I. The first-order valence-corrected chi connectivity index (χ1v) is 6.71. The van der Waals surface area contributed by atoms with Crippen molar-refractivity contribution < 1.29 is 0 Å². The molecule has 0 aliphatic carbocycles. The molecule has 0 aliphatic rings. The van der Waals surface area contributed by atoms with Crippen LogP contribution in [-0.4, -0.2) is 29.0 Å². The Balaban J connectivity index is 3.01. The average Bonchev–Trinajstić information content (AvgIpc) is 2.11. The van der Waals surface area contributed by atoms with Crippen LogP contribution in [0.4, 0.5) is 0 Å². The maximum atomic E-state index is 6.11. The third-order valence-corrected chi connectivity index (χ3v) is 3.71. The van der Waals surface area contributed by atoms with Crippen LogP contribution in [0.5, 0.6) is 0 Å². The van der Waals surface area contributed by atoms with Crippen LogP contribution in [0.25, 0.3) is 0 Å². The first kappa shape index (κ1) is 14.1. The van der Waals surface area contributed by atoms with Crippen molar-refractivity contribution in [2.75, 3.05) is 14.1 Å². The highest BCUT2D eigenvalue weighted by Crippen LogP contribution is 2.21. The van der Waals surface area contributed by atoms with Crippen LogP contribution in [-0.2, 0) is 13.0 Å². The molecule has 1 heterocycles. The smallest absolute Gasteiger partial charge is 0.146 e. The summed E-state index contributed by atoms with van der Waals surface area (Å²) in [4.78, 5) is 10.9. The highest BCUT2D eigenvalue weighted by Gasteiger charge is 2.12. The van der Waals surface area contributed by atoms with Crippen molar-refractivity contribution in [1.29, 1.82) is 0 Å². The molecule has 0 unspecified atom stereocenters. The summed E-state index contributed by atoms with van der Waals surface area (Å²) in [5, 5.41) is 0.572. The van der Waals surface area contributed by atoms with Crippen LogP contribution in [0.15, 0.2) is 0 Å². The van der Waals surface area contributed by atoms with Gasteiger partial charge < -0.3 is 4.90 Å². The molecule has 0 bridgehead atoms. The first-order chi connectivity index (χ1) is 7.40. The Labute approximate surface area is 116 Å². The number of aromatic nitrogens is 2. The molecule has 1 aromatic heterocycles. The molecule has 0 radical (unpaired) electrons. The number of halogens is 2. The molecule has 0 spiro atoms. The normalized spacial score (nSPS) is 11.5. The summed E-state index contributed by atoms with van der Waals surface area (Å²) < 4.78 is 0.982. The van der Waals surface area contributed by atoms with Crippen molar-refractivity contribution in [2.24, 2.45) is 5.92 Å². The third-order valence-electron chi connectivity index (χ3n) is 1.98. The summed E-state index contributed by atoms with van der Waals surface area (Å²) in [7, 11) is 3.99. The van der Waals surface area contributed by atoms with E-state index in [1.54, 1.807) is 0 Å². The minimum Gasteiger partial charge on any atom is -0.302 e. The van der Waals surface area contributed by atoms with Gasteiger partial charge in [0, 0.05) is 0 Å². The van der Waals surface area contributed by atoms with Crippen molar-refractivity contribution >= 4 is 34.2 Å². The summed E-state index contributed by atoms with van der Waals surface area (Å²) in [6.07, 6.45) is 0.945. The molecule has 5 heteroatoms. The van der Waals surface area contributed by atoms with Crippen LogP contribution in [0.1, 0.15) is 25.4 Å². The van der Waals surface area contributed by atoms with Crippen LogP contribution < -0.4 is 0 Å². The molecule has 1 rings (SSSR count). The Bertz CT molecular complexity index is 366. The third kappa shape index (κ3) is 4.14. The van der Waals surface area contributed by atoms with Gasteiger partial charge in [0.05, 0.1) is 15.8 Å². The largest absolute Gasteiger partial charge is 0.302 e. The monoisotopic (exact) mass is 353 g/mol. The fourth-order valence-corrected chi connectivity index (χ4v) is 2.05. The van der Waals surface area contributed by atoms with E-state index in [4.69, 9.17) is 11.6 Å². The van der Waals surface area contributed by atoms with Gasteiger partial charge in [0.25, 0.3) is 0 Å². The summed E-state index contributed by atoms with van der Waals surface area (Å²) in [6.45, 7) is 5.08. The second-order valence-electron chi connectivity index (χ2n) is 4.53. The van der Waals surface area contributed by atoms with Crippen LogP contribution in [0.3, 0.4) is 0 Å². The standard InChI is InChI=1S/C11H17ClIN3/c1-7(2)5-8-10(13)11(12)15-9(14-8)6-16(3)4/h7H,5-6H2,1-4H3. The van der Waals surface area contributed by atoms with E-state index in [1.807, 2.05) is 19.0 Å². The van der Waals surface area contributed by atoms with Crippen molar-refractivity contribution in [3.8, 4) is 0 Å². The lowest BCUT2D eigenvalue weighted by Crippen LogP contribution is -2.15. The minimum atomic E-state index is 0.572. The van der Waals surface area contributed by atoms with Crippen LogP contribution in [0, 0.1) is 9.49 Å². The predicted molar refractivity (Wildman–Crippen MR) is 75.7 cm³/mol.